The number of ether oxygens (including phenoxy) is 1. The minimum Gasteiger partial charge on any atom is -0.483 e. The topological polar surface area (TPSA) is 85.6 Å². The molecule has 0 saturated carbocycles. The number of benzene rings is 3. The van der Waals surface area contributed by atoms with Gasteiger partial charge in [-0.3, -0.25) is 9.59 Å². The Morgan fingerprint density at radius 2 is 2.06 bits per heavy atom. The first-order chi connectivity index (χ1) is 16.8. The van der Waals surface area contributed by atoms with Crippen molar-refractivity contribution in [1.29, 1.82) is 0 Å². The number of anilines is 1. The van der Waals surface area contributed by atoms with E-state index in [0.717, 1.165) is 13.6 Å². The Balaban J connectivity index is 1.48. The Hall–Kier alpha value is -3.12. The molecule has 0 unspecified atom stereocenters. The first-order valence-electron chi connectivity index (χ1n) is 10.6. The lowest BCUT2D eigenvalue weighted by Crippen LogP contribution is -2.22. The van der Waals surface area contributed by atoms with Crippen molar-refractivity contribution in [3.8, 4) is 5.75 Å². The lowest BCUT2D eigenvalue weighted by Gasteiger charge is -2.10. The van der Waals surface area contributed by atoms with Gasteiger partial charge in [-0.25, -0.2) is 9.37 Å². The average molecular weight is 649 g/mol. The molecule has 0 fully saturated rings. The van der Waals surface area contributed by atoms with Gasteiger partial charge in [0.05, 0.1) is 20.7 Å². The Morgan fingerprint density at radius 1 is 1.23 bits per heavy atom. The number of hydrogen-bond acceptors (Lipinski definition) is 5. The van der Waals surface area contributed by atoms with Crippen LogP contribution in [0.15, 0.2) is 75.0 Å². The maximum absolute atomic E-state index is 13.3. The van der Waals surface area contributed by atoms with Gasteiger partial charge in [0.2, 0.25) is 0 Å². The summed E-state index contributed by atoms with van der Waals surface area (Å²) in [6.45, 7) is 1.69. The van der Waals surface area contributed by atoms with E-state index in [4.69, 9.17) is 4.74 Å². The van der Waals surface area contributed by atoms with Gasteiger partial charge in [0.1, 0.15) is 17.4 Å². The summed E-state index contributed by atoms with van der Waals surface area (Å²) < 4.78 is 21.7. The summed E-state index contributed by atoms with van der Waals surface area (Å²) in [5.74, 6) is 0.232. The molecule has 0 atom stereocenters. The first kappa shape index (κ1) is 25.0. The Morgan fingerprint density at radius 3 is 2.80 bits per heavy atom. The molecular weight excluding hydrogens is 630 g/mol. The van der Waals surface area contributed by atoms with Crippen LogP contribution in [-0.2, 0) is 11.2 Å². The van der Waals surface area contributed by atoms with Crippen molar-refractivity contribution in [2.45, 2.75) is 13.3 Å². The lowest BCUT2D eigenvalue weighted by atomic mass is 10.2. The molecule has 1 aromatic heterocycles. The highest BCUT2D eigenvalue weighted by atomic mass is 127. The predicted molar refractivity (Wildman–Crippen MR) is 146 cm³/mol. The number of aromatic nitrogens is 2. The normalized spacial score (nSPS) is 11.2. The Bertz CT molecular complexity index is 1510. The summed E-state index contributed by atoms with van der Waals surface area (Å²) in [4.78, 5) is 29.7. The van der Waals surface area contributed by atoms with Crippen molar-refractivity contribution < 1.29 is 13.9 Å². The highest BCUT2D eigenvalue weighted by Crippen LogP contribution is 2.22. The molecule has 4 rings (SSSR count). The van der Waals surface area contributed by atoms with E-state index in [1.807, 2.05) is 19.1 Å². The van der Waals surface area contributed by atoms with E-state index in [1.54, 1.807) is 36.5 Å². The van der Waals surface area contributed by atoms with Crippen molar-refractivity contribution in [3.63, 3.8) is 0 Å². The molecule has 1 amide bonds. The van der Waals surface area contributed by atoms with Gasteiger partial charge >= 0.3 is 0 Å². The molecule has 10 heteroatoms. The molecule has 0 bridgehead atoms. The van der Waals surface area contributed by atoms with E-state index in [1.165, 1.54) is 22.9 Å². The van der Waals surface area contributed by atoms with Gasteiger partial charge in [-0.05, 0) is 82.8 Å². The van der Waals surface area contributed by atoms with Gasteiger partial charge < -0.3 is 10.1 Å². The molecule has 7 nitrogen and oxygen atoms in total. The molecule has 0 spiro atoms. The summed E-state index contributed by atoms with van der Waals surface area (Å²) in [7, 11) is 0. The van der Waals surface area contributed by atoms with Crippen LogP contribution in [0.5, 0.6) is 5.75 Å². The number of carbonyl (C=O) groups is 1. The quantitative estimate of drug-likeness (QED) is 0.216. The number of rotatable bonds is 7. The van der Waals surface area contributed by atoms with Crippen LogP contribution in [0.1, 0.15) is 18.3 Å². The van der Waals surface area contributed by atoms with Crippen molar-refractivity contribution in [2.24, 2.45) is 5.10 Å². The van der Waals surface area contributed by atoms with Crippen molar-refractivity contribution in [1.82, 2.24) is 9.66 Å². The molecule has 35 heavy (non-hydrogen) atoms. The van der Waals surface area contributed by atoms with E-state index < -0.39 is 11.7 Å². The van der Waals surface area contributed by atoms with Gasteiger partial charge in [0.15, 0.2) is 6.61 Å². The summed E-state index contributed by atoms with van der Waals surface area (Å²) in [6, 6.07) is 16.3. The highest BCUT2D eigenvalue weighted by Gasteiger charge is 2.10. The average Bonchev–Trinajstić information content (AvgIpc) is 2.83. The number of amides is 1. The van der Waals surface area contributed by atoms with E-state index >= 15 is 0 Å². The monoisotopic (exact) mass is 648 g/mol. The maximum Gasteiger partial charge on any atom is 0.282 e. The molecule has 178 valence electrons. The number of halogens is 3. The molecule has 0 aliphatic heterocycles. The summed E-state index contributed by atoms with van der Waals surface area (Å²) >= 11 is 5.49. The number of hydrogen-bond donors (Lipinski definition) is 1. The first-order valence-corrected chi connectivity index (χ1v) is 12.4. The molecule has 4 aromatic rings. The van der Waals surface area contributed by atoms with Crippen LogP contribution in [-0.4, -0.2) is 28.4 Å². The SMILES string of the molecule is CCc1nc2ccc(Br)cc2c(=O)n1N=Cc1ccc(OCC(=O)Nc2cccc(F)c2)c(I)c1. The fourth-order valence-electron chi connectivity index (χ4n) is 3.29. The molecule has 0 radical (unpaired) electrons. The van der Waals surface area contributed by atoms with Crippen molar-refractivity contribution >= 4 is 67.2 Å². The molecule has 0 aliphatic carbocycles. The standard InChI is InChI=1S/C25H19BrFIN4O3/c1-2-23-31-21-8-7-16(26)11-19(21)25(34)32(23)29-13-15-6-9-22(20(28)10-15)35-14-24(33)30-18-5-3-4-17(27)12-18/h3-13H,2,14H2,1H3,(H,30,33). The maximum atomic E-state index is 13.3. The predicted octanol–water partition coefficient (Wildman–Crippen LogP) is 5.36. The largest absolute Gasteiger partial charge is 0.483 e. The highest BCUT2D eigenvalue weighted by molar-refractivity contribution is 14.1. The zero-order valence-electron chi connectivity index (χ0n) is 18.5. The minimum absolute atomic E-state index is 0.229. The number of aryl methyl sites for hydroxylation is 1. The zero-order chi connectivity index (χ0) is 24.9. The summed E-state index contributed by atoms with van der Waals surface area (Å²) in [5, 5.41) is 7.45. The smallest absolute Gasteiger partial charge is 0.282 e. The van der Waals surface area contributed by atoms with Crippen LogP contribution < -0.4 is 15.6 Å². The number of nitrogens with one attached hydrogen (secondary N) is 1. The van der Waals surface area contributed by atoms with Gasteiger partial charge in [-0.15, -0.1) is 0 Å². The van der Waals surface area contributed by atoms with Gasteiger partial charge in [0.25, 0.3) is 11.5 Å². The number of nitrogens with zero attached hydrogens (tertiary/aromatic N) is 3. The van der Waals surface area contributed by atoms with Crippen LogP contribution in [0, 0.1) is 9.39 Å². The molecule has 1 N–H and O–H groups in total. The minimum atomic E-state index is -0.434. The zero-order valence-corrected chi connectivity index (χ0v) is 22.2. The van der Waals surface area contributed by atoms with Crippen molar-refractivity contribution in [3.05, 3.63) is 96.3 Å². The van der Waals surface area contributed by atoms with E-state index in [0.29, 0.717) is 34.6 Å². The van der Waals surface area contributed by atoms with E-state index in [2.05, 4.69) is 53.9 Å². The third-order valence-electron chi connectivity index (χ3n) is 4.94. The third kappa shape index (κ3) is 6.12. The van der Waals surface area contributed by atoms with Gasteiger partial charge in [-0.1, -0.05) is 28.9 Å². The molecule has 0 aliphatic rings. The second-order valence-electron chi connectivity index (χ2n) is 7.44. The summed E-state index contributed by atoms with van der Waals surface area (Å²) in [5.41, 5.74) is 1.48. The number of carbonyl (C=O) groups excluding carboxylic acids is 1. The van der Waals surface area contributed by atoms with E-state index in [-0.39, 0.29) is 12.2 Å². The van der Waals surface area contributed by atoms with Gasteiger partial charge in [-0.2, -0.15) is 9.78 Å². The van der Waals surface area contributed by atoms with Crippen LogP contribution in [0.2, 0.25) is 0 Å². The van der Waals surface area contributed by atoms with Crippen LogP contribution in [0.4, 0.5) is 10.1 Å². The fraction of sp³-hybridized carbons (Fsp3) is 0.120. The number of fused-ring (bicyclic) bond motifs is 1. The van der Waals surface area contributed by atoms with E-state index in [9.17, 15) is 14.0 Å². The molecule has 3 aromatic carbocycles. The second kappa shape index (κ2) is 11.1. The lowest BCUT2D eigenvalue weighted by molar-refractivity contribution is -0.118. The van der Waals surface area contributed by atoms with Crippen molar-refractivity contribution in [2.75, 3.05) is 11.9 Å². The second-order valence-corrected chi connectivity index (χ2v) is 9.52. The Labute approximate surface area is 222 Å². The van der Waals surface area contributed by atoms with Crippen LogP contribution in [0.25, 0.3) is 10.9 Å². The fourth-order valence-corrected chi connectivity index (χ4v) is 4.34. The van der Waals surface area contributed by atoms with Gasteiger partial charge in [0, 0.05) is 16.6 Å². The third-order valence-corrected chi connectivity index (χ3v) is 6.27. The Kier molecular flexibility index (Phi) is 7.91. The molecular formula is C25H19BrFIN4O3. The van der Waals surface area contributed by atoms with Crippen LogP contribution in [0.3, 0.4) is 0 Å². The van der Waals surface area contributed by atoms with Crippen LogP contribution >= 0.6 is 38.5 Å². The summed E-state index contributed by atoms with van der Waals surface area (Å²) in [6.07, 6.45) is 2.12. The molecule has 0 saturated heterocycles. The molecule has 1 heterocycles.